The molecule has 0 aromatic carbocycles. The molecule has 0 bridgehead atoms. The van der Waals surface area contributed by atoms with Crippen LogP contribution in [0.1, 0.15) is 58.3 Å². The standard InChI is InChI=1S/C17H28N2O3/c1-10(20)15(19-16(21)12-7-8-12)17(22)18-14-4-2-3-13(9-14)11-5-6-11/h10-15,20H,2-9H2,1H3,(H,18,22)(H,19,21)/t10-,13-,14-,15-/m0/s1. The minimum atomic E-state index is -0.870. The second-order valence-corrected chi connectivity index (χ2v) is 7.47. The number of aliphatic hydroxyl groups excluding tert-OH is 1. The predicted octanol–water partition coefficient (Wildman–Crippen LogP) is 1.35. The molecule has 0 aromatic heterocycles. The van der Waals surface area contributed by atoms with Crippen LogP contribution in [0, 0.1) is 17.8 Å². The van der Waals surface area contributed by atoms with E-state index in [1.165, 1.54) is 25.7 Å². The van der Waals surface area contributed by atoms with Crippen LogP contribution in [0.5, 0.6) is 0 Å². The maximum Gasteiger partial charge on any atom is 0.245 e. The van der Waals surface area contributed by atoms with Gasteiger partial charge in [-0.3, -0.25) is 9.59 Å². The molecule has 3 aliphatic rings. The van der Waals surface area contributed by atoms with Gasteiger partial charge in [-0.15, -0.1) is 0 Å². The first-order chi connectivity index (χ1) is 10.5. The number of hydrogen-bond acceptors (Lipinski definition) is 3. The van der Waals surface area contributed by atoms with E-state index in [4.69, 9.17) is 0 Å². The highest BCUT2D eigenvalue weighted by molar-refractivity contribution is 5.89. The summed E-state index contributed by atoms with van der Waals surface area (Å²) in [5.74, 6) is 1.35. The van der Waals surface area contributed by atoms with Gasteiger partial charge < -0.3 is 15.7 Å². The molecule has 124 valence electrons. The van der Waals surface area contributed by atoms with Gasteiger partial charge in [0.2, 0.25) is 11.8 Å². The average molecular weight is 308 g/mol. The van der Waals surface area contributed by atoms with Crippen LogP contribution in [0.2, 0.25) is 0 Å². The second kappa shape index (κ2) is 6.57. The zero-order chi connectivity index (χ0) is 15.7. The van der Waals surface area contributed by atoms with Crippen LogP contribution in [0.25, 0.3) is 0 Å². The number of rotatable bonds is 6. The Morgan fingerprint density at radius 1 is 1.05 bits per heavy atom. The molecule has 0 radical (unpaired) electrons. The van der Waals surface area contributed by atoms with Crippen LogP contribution in [-0.2, 0) is 9.59 Å². The Kier molecular flexibility index (Phi) is 4.71. The SMILES string of the molecule is C[C@H](O)[C@H](NC(=O)C1CC1)C(=O)N[C@H]1CCC[C@H](C2CC2)C1. The summed E-state index contributed by atoms with van der Waals surface area (Å²) in [6.45, 7) is 1.56. The van der Waals surface area contributed by atoms with Crippen molar-refractivity contribution in [2.24, 2.45) is 17.8 Å². The monoisotopic (exact) mass is 308 g/mol. The summed E-state index contributed by atoms with van der Waals surface area (Å²) in [7, 11) is 0. The molecule has 0 spiro atoms. The third-order valence-electron chi connectivity index (χ3n) is 5.36. The van der Waals surface area contributed by atoms with Gasteiger partial charge in [0, 0.05) is 12.0 Å². The van der Waals surface area contributed by atoms with Gasteiger partial charge in [-0.25, -0.2) is 0 Å². The molecule has 3 saturated carbocycles. The van der Waals surface area contributed by atoms with E-state index >= 15 is 0 Å². The van der Waals surface area contributed by atoms with Crippen molar-refractivity contribution in [2.75, 3.05) is 0 Å². The van der Waals surface area contributed by atoms with Gasteiger partial charge in [-0.2, -0.15) is 0 Å². The summed E-state index contributed by atoms with van der Waals surface area (Å²) >= 11 is 0. The van der Waals surface area contributed by atoms with E-state index in [1.807, 2.05) is 0 Å². The van der Waals surface area contributed by atoms with Gasteiger partial charge in [0.15, 0.2) is 0 Å². The summed E-state index contributed by atoms with van der Waals surface area (Å²) in [6, 6.07) is -0.625. The molecule has 0 aromatic rings. The number of carbonyl (C=O) groups is 2. The Hall–Kier alpha value is -1.10. The quantitative estimate of drug-likeness (QED) is 0.693. The Morgan fingerprint density at radius 3 is 2.36 bits per heavy atom. The van der Waals surface area contributed by atoms with Crippen molar-refractivity contribution in [1.29, 1.82) is 0 Å². The Balaban J connectivity index is 1.52. The molecular formula is C17H28N2O3. The summed E-state index contributed by atoms with van der Waals surface area (Å²) in [5, 5.41) is 15.6. The minimum Gasteiger partial charge on any atom is -0.391 e. The number of amides is 2. The molecule has 0 saturated heterocycles. The first-order valence-electron chi connectivity index (χ1n) is 8.83. The average Bonchev–Trinajstić information content (AvgIpc) is 3.37. The zero-order valence-corrected chi connectivity index (χ0v) is 13.4. The summed E-state index contributed by atoms with van der Waals surface area (Å²) < 4.78 is 0. The van der Waals surface area contributed by atoms with Crippen LogP contribution in [0.15, 0.2) is 0 Å². The van der Waals surface area contributed by atoms with Crippen molar-refractivity contribution in [1.82, 2.24) is 10.6 Å². The van der Waals surface area contributed by atoms with Crippen molar-refractivity contribution >= 4 is 11.8 Å². The van der Waals surface area contributed by atoms with Gasteiger partial charge in [0.25, 0.3) is 0 Å². The van der Waals surface area contributed by atoms with E-state index in [0.717, 1.165) is 37.5 Å². The Morgan fingerprint density at radius 2 is 1.77 bits per heavy atom. The first kappa shape index (κ1) is 15.8. The fraction of sp³-hybridized carbons (Fsp3) is 0.882. The Labute approximate surface area is 132 Å². The minimum absolute atomic E-state index is 0.0444. The van der Waals surface area contributed by atoms with Crippen molar-refractivity contribution in [3.63, 3.8) is 0 Å². The van der Waals surface area contributed by atoms with E-state index in [0.29, 0.717) is 0 Å². The molecule has 5 heteroatoms. The lowest BCUT2D eigenvalue weighted by atomic mass is 9.82. The molecule has 5 nitrogen and oxygen atoms in total. The largest absolute Gasteiger partial charge is 0.391 e. The van der Waals surface area contributed by atoms with Gasteiger partial charge in [-0.1, -0.05) is 12.8 Å². The highest BCUT2D eigenvalue weighted by Crippen LogP contribution is 2.43. The molecule has 0 aliphatic heterocycles. The predicted molar refractivity (Wildman–Crippen MR) is 82.9 cm³/mol. The lowest BCUT2D eigenvalue weighted by Crippen LogP contribution is -2.55. The highest BCUT2D eigenvalue weighted by atomic mass is 16.3. The van der Waals surface area contributed by atoms with Gasteiger partial charge in [-0.05, 0) is 57.3 Å². The number of carbonyl (C=O) groups excluding carboxylic acids is 2. The fourth-order valence-electron chi connectivity index (χ4n) is 3.67. The van der Waals surface area contributed by atoms with E-state index < -0.39 is 12.1 Å². The van der Waals surface area contributed by atoms with E-state index in [-0.39, 0.29) is 23.8 Å². The molecule has 22 heavy (non-hydrogen) atoms. The van der Waals surface area contributed by atoms with Crippen LogP contribution >= 0.6 is 0 Å². The lowest BCUT2D eigenvalue weighted by Gasteiger charge is -2.31. The topological polar surface area (TPSA) is 78.4 Å². The number of hydrogen-bond donors (Lipinski definition) is 3. The maximum atomic E-state index is 12.4. The third kappa shape index (κ3) is 4.00. The first-order valence-corrected chi connectivity index (χ1v) is 8.83. The van der Waals surface area contributed by atoms with E-state index in [1.54, 1.807) is 6.92 Å². The van der Waals surface area contributed by atoms with Gasteiger partial charge in [0.1, 0.15) is 6.04 Å². The molecule has 3 rings (SSSR count). The lowest BCUT2D eigenvalue weighted by molar-refractivity contribution is -0.132. The van der Waals surface area contributed by atoms with E-state index in [9.17, 15) is 14.7 Å². The van der Waals surface area contributed by atoms with Crippen molar-refractivity contribution in [3.05, 3.63) is 0 Å². The third-order valence-corrected chi connectivity index (χ3v) is 5.36. The Bertz CT molecular complexity index is 430. The molecule has 3 aliphatic carbocycles. The van der Waals surface area contributed by atoms with Crippen LogP contribution in [-0.4, -0.2) is 35.1 Å². The molecule has 0 unspecified atom stereocenters. The van der Waals surface area contributed by atoms with Crippen molar-refractivity contribution < 1.29 is 14.7 Å². The highest BCUT2D eigenvalue weighted by Gasteiger charge is 2.37. The summed E-state index contributed by atoms with van der Waals surface area (Å²) in [5.41, 5.74) is 0. The smallest absolute Gasteiger partial charge is 0.245 e. The second-order valence-electron chi connectivity index (χ2n) is 7.47. The van der Waals surface area contributed by atoms with Crippen molar-refractivity contribution in [2.45, 2.75) is 76.5 Å². The molecule has 3 fully saturated rings. The van der Waals surface area contributed by atoms with Crippen molar-refractivity contribution in [3.8, 4) is 0 Å². The van der Waals surface area contributed by atoms with E-state index in [2.05, 4.69) is 10.6 Å². The molecule has 2 amide bonds. The molecule has 0 heterocycles. The van der Waals surface area contributed by atoms with Crippen LogP contribution in [0.3, 0.4) is 0 Å². The van der Waals surface area contributed by atoms with Crippen LogP contribution in [0.4, 0.5) is 0 Å². The number of aliphatic hydroxyl groups is 1. The molecular weight excluding hydrogens is 280 g/mol. The zero-order valence-electron chi connectivity index (χ0n) is 13.4. The van der Waals surface area contributed by atoms with Gasteiger partial charge >= 0.3 is 0 Å². The van der Waals surface area contributed by atoms with Crippen LogP contribution < -0.4 is 10.6 Å². The summed E-state index contributed by atoms with van der Waals surface area (Å²) in [6.07, 6.45) is 8.13. The molecule has 3 N–H and O–H groups in total. The van der Waals surface area contributed by atoms with Gasteiger partial charge in [0.05, 0.1) is 6.10 Å². The fourth-order valence-corrected chi connectivity index (χ4v) is 3.67. The summed E-state index contributed by atoms with van der Waals surface area (Å²) in [4.78, 5) is 24.3. The normalized spacial score (nSPS) is 31.2. The maximum absolute atomic E-state index is 12.4. The number of nitrogens with one attached hydrogen (secondary N) is 2. The molecule has 4 atom stereocenters.